The Hall–Kier alpha value is -2.53. The summed E-state index contributed by atoms with van der Waals surface area (Å²) in [5, 5.41) is 20.9. The van der Waals surface area contributed by atoms with E-state index < -0.39 is 0 Å². The van der Waals surface area contributed by atoms with Gasteiger partial charge < -0.3 is 21.6 Å². The minimum absolute atomic E-state index is 0.366. The summed E-state index contributed by atoms with van der Waals surface area (Å²) < 4.78 is 0. The molecular formula is C22H32N4O. The zero-order valence-corrected chi connectivity index (χ0v) is 16.6. The number of nitrogen functional groups attached to an aromatic ring is 1. The van der Waals surface area contributed by atoms with E-state index in [1.165, 1.54) is 6.21 Å². The number of hydrogen-bond acceptors (Lipinski definition) is 5. The normalized spacial score (nSPS) is 16.9. The van der Waals surface area contributed by atoms with Crippen molar-refractivity contribution in [1.29, 1.82) is 5.41 Å². The Labute approximate surface area is 162 Å². The molecule has 0 radical (unpaired) electrons. The second kappa shape index (κ2) is 9.97. The number of benzene rings is 2. The van der Waals surface area contributed by atoms with Gasteiger partial charge in [-0.15, -0.1) is 0 Å². The molecule has 0 saturated carbocycles. The van der Waals surface area contributed by atoms with Crippen LogP contribution in [0.1, 0.15) is 43.4 Å². The Morgan fingerprint density at radius 1 is 1.26 bits per heavy atom. The molecule has 0 aromatic heterocycles. The van der Waals surface area contributed by atoms with E-state index in [1.807, 2.05) is 51.1 Å². The topological polar surface area (TPSA) is 85.4 Å². The maximum Gasteiger partial charge on any atom is 0.118 e. The van der Waals surface area contributed by atoms with Gasteiger partial charge in [0.2, 0.25) is 0 Å². The van der Waals surface area contributed by atoms with E-state index in [2.05, 4.69) is 16.3 Å². The van der Waals surface area contributed by atoms with Crippen LogP contribution in [0.2, 0.25) is 0 Å². The third kappa shape index (κ3) is 5.73. The minimum atomic E-state index is 0.366. The number of phenols is 1. The van der Waals surface area contributed by atoms with Crippen LogP contribution >= 0.6 is 0 Å². The van der Waals surface area contributed by atoms with Crippen molar-refractivity contribution in [2.75, 3.05) is 24.1 Å². The number of aryl methyl sites for hydroxylation is 1. The molecule has 2 aromatic rings. The van der Waals surface area contributed by atoms with E-state index in [4.69, 9.17) is 11.1 Å². The molecule has 1 unspecified atom stereocenters. The number of nitrogens with two attached hydrogens (primary N) is 1. The Bertz CT molecular complexity index is 760. The van der Waals surface area contributed by atoms with Gasteiger partial charge in [-0.05, 0) is 61.7 Å². The monoisotopic (exact) mass is 368 g/mol. The zero-order chi connectivity index (χ0) is 19.8. The predicted molar refractivity (Wildman–Crippen MR) is 115 cm³/mol. The van der Waals surface area contributed by atoms with Crippen LogP contribution in [0.5, 0.6) is 5.75 Å². The Balaban J connectivity index is 0.00000126. The summed E-state index contributed by atoms with van der Waals surface area (Å²) in [7, 11) is 0. The minimum Gasteiger partial charge on any atom is -0.508 e. The summed E-state index contributed by atoms with van der Waals surface area (Å²) in [6, 6.07) is 12.0. The lowest BCUT2D eigenvalue weighted by Gasteiger charge is -2.33. The van der Waals surface area contributed by atoms with Gasteiger partial charge >= 0.3 is 0 Å². The molecule has 1 aliphatic rings. The van der Waals surface area contributed by atoms with Crippen molar-refractivity contribution in [1.82, 2.24) is 4.90 Å². The van der Waals surface area contributed by atoms with Crippen LogP contribution in [0.25, 0.3) is 0 Å². The molecule has 5 heteroatoms. The smallest absolute Gasteiger partial charge is 0.118 e. The summed E-state index contributed by atoms with van der Waals surface area (Å²) in [6.45, 7) is 8.79. The highest BCUT2D eigenvalue weighted by Gasteiger charge is 2.20. The summed E-state index contributed by atoms with van der Waals surface area (Å²) in [4.78, 5) is 2.42. The van der Waals surface area contributed by atoms with Crippen molar-refractivity contribution in [2.45, 2.75) is 46.2 Å². The molecule has 1 fully saturated rings. The second-order valence-corrected chi connectivity index (χ2v) is 6.83. The third-order valence-electron chi connectivity index (χ3n) is 4.80. The molecule has 146 valence electrons. The largest absolute Gasteiger partial charge is 0.508 e. The first kappa shape index (κ1) is 20.8. The average molecular weight is 369 g/mol. The molecule has 5 N–H and O–H groups in total. The first-order valence-corrected chi connectivity index (χ1v) is 9.72. The highest BCUT2D eigenvalue weighted by molar-refractivity contribution is 5.86. The standard InChI is InChI=1S/C20H26N4O.C2H6/c1-14-4-5-15(9-20(14)25)12-24-8-2-3-18(13-24)23-17-6-7-19(22)16(10-17)11-21;1-2/h4-7,9-11,18,21,23,25H,2-3,8,12-13,22H2,1H3;1-2H3. The summed E-state index contributed by atoms with van der Waals surface area (Å²) in [6.07, 6.45) is 3.55. The van der Waals surface area contributed by atoms with Crippen LogP contribution in [-0.4, -0.2) is 35.4 Å². The van der Waals surface area contributed by atoms with Crippen molar-refractivity contribution in [3.05, 3.63) is 53.1 Å². The molecule has 2 aromatic carbocycles. The van der Waals surface area contributed by atoms with E-state index in [0.717, 1.165) is 54.9 Å². The summed E-state index contributed by atoms with van der Waals surface area (Å²) in [5.41, 5.74) is 10.3. The number of phenolic OH excluding ortho intramolecular Hbond substituents is 1. The van der Waals surface area contributed by atoms with Crippen molar-refractivity contribution in [3.8, 4) is 5.75 Å². The Morgan fingerprint density at radius 2 is 2.04 bits per heavy atom. The van der Waals surface area contributed by atoms with Crippen LogP contribution in [0.15, 0.2) is 36.4 Å². The van der Waals surface area contributed by atoms with Crippen molar-refractivity contribution < 1.29 is 5.11 Å². The van der Waals surface area contributed by atoms with Gasteiger partial charge in [-0.2, -0.15) is 0 Å². The molecule has 0 aliphatic carbocycles. The molecule has 27 heavy (non-hydrogen) atoms. The van der Waals surface area contributed by atoms with Crippen LogP contribution in [0.3, 0.4) is 0 Å². The maximum absolute atomic E-state index is 9.89. The molecule has 1 atom stereocenters. The first-order valence-electron chi connectivity index (χ1n) is 9.72. The van der Waals surface area contributed by atoms with Gasteiger partial charge in [0, 0.05) is 42.3 Å². The predicted octanol–water partition coefficient (Wildman–Crippen LogP) is 4.38. The number of hydrogen-bond donors (Lipinski definition) is 4. The van der Waals surface area contributed by atoms with Crippen molar-refractivity contribution in [2.24, 2.45) is 0 Å². The van der Waals surface area contributed by atoms with Gasteiger partial charge in [0.05, 0.1) is 0 Å². The molecule has 1 aliphatic heterocycles. The molecule has 0 bridgehead atoms. The lowest BCUT2D eigenvalue weighted by Crippen LogP contribution is -2.41. The molecule has 0 amide bonds. The highest BCUT2D eigenvalue weighted by Crippen LogP contribution is 2.22. The van der Waals surface area contributed by atoms with Gasteiger partial charge in [-0.1, -0.05) is 26.0 Å². The average Bonchev–Trinajstić information content (AvgIpc) is 2.68. The number of nitrogens with one attached hydrogen (secondary N) is 2. The maximum atomic E-state index is 9.89. The van der Waals surface area contributed by atoms with Gasteiger partial charge in [0.25, 0.3) is 0 Å². The van der Waals surface area contributed by atoms with Gasteiger partial charge in [0.1, 0.15) is 5.75 Å². The first-order chi connectivity index (χ1) is 13.0. The molecule has 1 heterocycles. The summed E-state index contributed by atoms with van der Waals surface area (Å²) >= 11 is 0. The van der Waals surface area contributed by atoms with Crippen molar-refractivity contribution >= 4 is 17.6 Å². The van der Waals surface area contributed by atoms with E-state index >= 15 is 0 Å². The zero-order valence-electron chi connectivity index (χ0n) is 16.6. The SMILES string of the molecule is CC.Cc1ccc(CN2CCCC(Nc3ccc(N)c(C=N)c3)C2)cc1O. The Morgan fingerprint density at radius 3 is 2.74 bits per heavy atom. The fourth-order valence-corrected chi connectivity index (χ4v) is 3.35. The van der Waals surface area contributed by atoms with Gasteiger partial charge in [0.15, 0.2) is 0 Å². The number of nitrogens with zero attached hydrogens (tertiary/aromatic N) is 1. The second-order valence-electron chi connectivity index (χ2n) is 6.83. The van der Waals surface area contributed by atoms with Gasteiger partial charge in [-0.3, -0.25) is 4.90 Å². The third-order valence-corrected chi connectivity index (χ3v) is 4.80. The van der Waals surface area contributed by atoms with Crippen LogP contribution < -0.4 is 11.1 Å². The fourth-order valence-electron chi connectivity index (χ4n) is 3.35. The van der Waals surface area contributed by atoms with E-state index in [0.29, 0.717) is 17.5 Å². The Kier molecular flexibility index (Phi) is 7.67. The fraction of sp³-hybridized carbons (Fsp3) is 0.409. The van der Waals surface area contributed by atoms with Gasteiger partial charge in [-0.25, -0.2) is 0 Å². The van der Waals surface area contributed by atoms with Crippen molar-refractivity contribution in [3.63, 3.8) is 0 Å². The molecular weight excluding hydrogens is 336 g/mol. The molecule has 5 nitrogen and oxygen atoms in total. The number of piperidine rings is 1. The number of rotatable bonds is 5. The highest BCUT2D eigenvalue weighted by atomic mass is 16.3. The quantitative estimate of drug-likeness (QED) is 0.466. The van der Waals surface area contributed by atoms with E-state index in [9.17, 15) is 5.11 Å². The number of likely N-dealkylation sites (tertiary alicyclic amines) is 1. The van der Waals surface area contributed by atoms with E-state index in [-0.39, 0.29) is 0 Å². The molecule has 3 rings (SSSR count). The van der Waals surface area contributed by atoms with Crippen LogP contribution in [0, 0.1) is 12.3 Å². The van der Waals surface area contributed by atoms with Crippen LogP contribution in [-0.2, 0) is 6.54 Å². The number of anilines is 2. The lowest BCUT2D eigenvalue weighted by molar-refractivity contribution is 0.208. The molecule has 0 spiro atoms. The number of aromatic hydroxyl groups is 1. The molecule has 1 saturated heterocycles. The lowest BCUT2D eigenvalue weighted by atomic mass is 10.0. The summed E-state index contributed by atoms with van der Waals surface area (Å²) in [5.74, 6) is 0.366. The van der Waals surface area contributed by atoms with E-state index in [1.54, 1.807) is 0 Å². The van der Waals surface area contributed by atoms with Crippen LogP contribution in [0.4, 0.5) is 11.4 Å².